The molecule has 0 bridgehead atoms. The Balaban J connectivity index is 2.07. The molecule has 3 nitrogen and oxygen atoms in total. The number of alkyl halides is 3. The number of benzene rings is 2. The number of hydrogen-bond acceptors (Lipinski definition) is 2. The van der Waals surface area contributed by atoms with Crippen LogP contribution in [0.15, 0.2) is 59.6 Å². The maximum atomic E-state index is 12.4. The second-order valence-electron chi connectivity index (χ2n) is 6.52. The van der Waals surface area contributed by atoms with Gasteiger partial charge in [0, 0.05) is 29.1 Å². The average molecular weight is 428 g/mol. The quantitative estimate of drug-likeness (QED) is 0.523. The first-order valence-corrected chi connectivity index (χ1v) is 10.6. The van der Waals surface area contributed by atoms with Crippen molar-refractivity contribution in [1.82, 2.24) is 4.57 Å². The number of nitrogens with zero attached hydrogens (tertiary/aromatic N) is 1. The van der Waals surface area contributed by atoms with Gasteiger partial charge in [-0.1, -0.05) is 29.8 Å². The van der Waals surface area contributed by atoms with Crippen molar-refractivity contribution in [3.8, 4) is 0 Å². The smallest absolute Gasteiger partial charge is 0.323 e. The number of sulfone groups is 1. The summed E-state index contributed by atoms with van der Waals surface area (Å²) in [7, 11) is -3.41. The zero-order valence-electron chi connectivity index (χ0n) is 14.9. The Bertz CT molecular complexity index is 1130. The lowest BCUT2D eigenvalue weighted by molar-refractivity contribution is -0.124. The summed E-state index contributed by atoms with van der Waals surface area (Å²) in [5, 5.41) is 1.27. The molecule has 3 rings (SSSR count). The van der Waals surface area contributed by atoms with Crippen LogP contribution in [-0.2, 0) is 16.3 Å². The first kappa shape index (κ1) is 20.5. The van der Waals surface area contributed by atoms with Crippen molar-refractivity contribution in [2.24, 2.45) is 0 Å². The number of rotatable bonds is 5. The highest BCUT2D eigenvalue weighted by atomic mass is 35.5. The largest absolute Gasteiger partial charge is 0.392 e. The van der Waals surface area contributed by atoms with Crippen molar-refractivity contribution in [1.29, 1.82) is 0 Å². The molecule has 0 amide bonds. The highest BCUT2D eigenvalue weighted by molar-refractivity contribution is 7.90. The summed E-state index contributed by atoms with van der Waals surface area (Å²) in [5.74, 6) is 0. The van der Waals surface area contributed by atoms with Crippen LogP contribution >= 0.6 is 11.6 Å². The molecule has 0 radical (unpaired) electrons. The fourth-order valence-corrected chi connectivity index (χ4v) is 3.69. The molecule has 0 atom stereocenters. The molecule has 1 aromatic heterocycles. The van der Waals surface area contributed by atoms with E-state index in [1.165, 1.54) is 12.3 Å². The molecular formula is C20H17ClF3NO2S. The number of fused-ring (bicyclic) bond motifs is 1. The van der Waals surface area contributed by atoms with Gasteiger partial charge in [0.25, 0.3) is 0 Å². The van der Waals surface area contributed by atoms with E-state index in [1.54, 1.807) is 35.0 Å². The minimum Gasteiger partial charge on any atom is -0.323 e. The number of hydrogen-bond donors (Lipinski definition) is 0. The second-order valence-corrected chi connectivity index (χ2v) is 8.97. The van der Waals surface area contributed by atoms with E-state index in [9.17, 15) is 21.6 Å². The van der Waals surface area contributed by atoms with Crippen LogP contribution in [0.25, 0.3) is 17.1 Å². The van der Waals surface area contributed by atoms with Crippen molar-refractivity contribution in [3.63, 3.8) is 0 Å². The van der Waals surface area contributed by atoms with Gasteiger partial charge in [0.1, 0.15) is 0 Å². The van der Waals surface area contributed by atoms with Crippen LogP contribution in [-0.4, -0.2) is 25.4 Å². The van der Waals surface area contributed by atoms with Crippen molar-refractivity contribution in [2.45, 2.75) is 23.9 Å². The highest BCUT2D eigenvalue weighted by Crippen LogP contribution is 2.28. The van der Waals surface area contributed by atoms with Crippen LogP contribution < -0.4 is 0 Å². The molecule has 0 spiro atoms. The van der Waals surface area contributed by atoms with Gasteiger partial charge in [-0.25, -0.2) is 8.42 Å². The molecular weight excluding hydrogens is 411 g/mol. The number of allylic oxidation sites excluding steroid dienone is 1. The first-order valence-electron chi connectivity index (χ1n) is 8.34. The molecule has 0 unspecified atom stereocenters. The Morgan fingerprint density at radius 1 is 1.11 bits per heavy atom. The molecule has 2 aromatic carbocycles. The molecule has 0 aliphatic rings. The van der Waals surface area contributed by atoms with E-state index in [2.05, 4.69) is 0 Å². The molecule has 0 aliphatic carbocycles. The van der Waals surface area contributed by atoms with E-state index < -0.39 is 22.4 Å². The average Bonchev–Trinajstić information content (AvgIpc) is 2.92. The third kappa shape index (κ3) is 4.97. The molecule has 0 N–H and O–H groups in total. The maximum Gasteiger partial charge on any atom is 0.392 e. The number of aromatic nitrogens is 1. The van der Waals surface area contributed by atoms with Crippen molar-refractivity contribution in [3.05, 3.63) is 70.9 Å². The van der Waals surface area contributed by atoms with Gasteiger partial charge >= 0.3 is 6.18 Å². The molecule has 1 heterocycles. The van der Waals surface area contributed by atoms with E-state index in [-0.39, 0.29) is 4.90 Å². The van der Waals surface area contributed by atoms with Crippen LogP contribution in [0.4, 0.5) is 13.2 Å². The summed E-state index contributed by atoms with van der Waals surface area (Å²) in [4.78, 5) is 0.161. The molecule has 0 fully saturated rings. The number of halogens is 4. The molecule has 0 saturated carbocycles. The molecule has 0 saturated heterocycles. The van der Waals surface area contributed by atoms with Crippen LogP contribution in [0.1, 0.15) is 17.5 Å². The Labute approximate surface area is 166 Å². The standard InChI is InChI=1S/C20H17ClF3NO2S/c1-28(26,27)17-7-8-19-18(12-17)15(11-14-3-5-16(21)6-4-14)13-25(19)10-2-9-20(22,23)24/h2-8,10,12-13H,9,11H2,1H3/b10-2+. The summed E-state index contributed by atoms with van der Waals surface area (Å²) in [5.41, 5.74) is 2.39. The van der Waals surface area contributed by atoms with E-state index in [0.29, 0.717) is 22.3 Å². The van der Waals surface area contributed by atoms with Gasteiger partial charge in [-0.2, -0.15) is 13.2 Å². The van der Waals surface area contributed by atoms with Gasteiger partial charge < -0.3 is 4.57 Å². The van der Waals surface area contributed by atoms with Crippen LogP contribution in [0.2, 0.25) is 5.02 Å². The normalized spacial score (nSPS) is 12.9. The first-order chi connectivity index (χ1) is 13.0. The van der Waals surface area contributed by atoms with Crippen LogP contribution in [0.3, 0.4) is 0 Å². The van der Waals surface area contributed by atoms with Gasteiger partial charge in [0.05, 0.1) is 16.8 Å². The minimum absolute atomic E-state index is 0.161. The fourth-order valence-electron chi connectivity index (χ4n) is 2.92. The fraction of sp³-hybridized carbons (Fsp3) is 0.200. The summed E-state index contributed by atoms with van der Waals surface area (Å²) in [6, 6.07) is 11.8. The van der Waals surface area contributed by atoms with E-state index >= 15 is 0 Å². The van der Waals surface area contributed by atoms with Gasteiger partial charge in [0.2, 0.25) is 0 Å². The second kappa shape index (κ2) is 7.64. The molecule has 0 aliphatic heterocycles. The zero-order chi connectivity index (χ0) is 20.5. The molecule has 3 aromatic rings. The van der Waals surface area contributed by atoms with E-state index in [1.807, 2.05) is 12.1 Å². The summed E-state index contributed by atoms with van der Waals surface area (Å²) in [6.07, 6.45) is 0.388. The van der Waals surface area contributed by atoms with Crippen LogP contribution in [0, 0.1) is 0 Å². The lowest BCUT2D eigenvalue weighted by Crippen LogP contribution is -2.04. The van der Waals surface area contributed by atoms with Gasteiger partial charge in [0.15, 0.2) is 9.84 Å². The Hall–Kier alpha value is -2.25. The third-order valence-corrected chi connectivity index (χ3v) is 5.60. The molecule has 8 heteroatoms. The molecule has 28 heavy (non-hydrogen) atoms. The Morgan fingerprint density at radius 2 is 1.79 bits per heavy atom. The van der Waals surface area contributed by atoms with Crippen molar-refractivity contribution in [2.75, 3.05) is 6.26 Å². The monoisotopic (exact) mass is 427 g/mol. The topological polar surface area (TPSA) is 39.1 Å². The van der Waals surface area contributed by atoms with E-state index in [0.717, 1.165) is 23.5 Å². The third-order valence-electron chi connectivity index (χ3n) is 4.24. The van der Waals surface area contributed by atoms with E-state index in [4.69, 9.17) is 11.6 Å². The Morgan fingerprint density at radius 3 is 2.39 bits per heavy atom. The summed E-state index contributed by atoms with van der Waals surface area (Å²) in [6.45, 7) is 0. The predicted molar refractivity (Wildman–Crippen MR) is 105 cm³/mol. The highest BCUT2D eigenvalue weighted by Gasteiger charge is 2.24. The van der Waals surface area contributed by atoms with Gasteiger partial charge in [-0.05, 0) is 47.9 Å². The van der Waals surface area contributed by atoms with Crippen molar-refractivity contribution < 1.29 is 21.6 Å². The maximum absolute atomic E-state index is 12.4. The van der Waals surface area contributed by atoms with Gasteiger partial charge in [-0.3, -0.25) is 0 Å². The Kier molecular flexibility index (Phi) is 5.59. The zero-order valence-corrected chi connectivity index (χ0v) is 16.4. The summed E-state index contributed by atoms with van der Waals surface area (Å²) >= 11 is 5.91. The SMILES string of the molecule is CS(=O)(=O)c1ccc2c(c1)c(Cc1ccc(Cl)cc1)cn2/C=C/CC(F)(F)F. The predicted octanol–water partition coefficient (Wildman–Crippen LogP) is 5.71. The van der Waals surface area contributed by atoms with Gasteiger partial charge in [-0.15, -0.1) is 0 Å². The van der Waals surface area contributed by atoms with Crippen LogP contribution in [0.5, 0.6) is 0 Å². The molecule has 148 valence electrons. The summed E-state index contributed by atoms with van der Waals surface area (Å²) < 4.78 is 62.7. The lowest BCUT2D eigenvalue weighted by Gasteiger charge is -2.03. The lowest BCUT2D eigenvalue weighted by atomic mass is 10.0. The van der Waals surface area contributed by atoms with Crippen molar-refractivity contribution >= 4 is 38.5 Å². The minimum atomic E-state index is -4.28.